The van der Waals surface area contributed by atoms with E-state index >= 15 is 0 Å². The number of rotatable bonds is 3. The standard InChI is InChI=1S/C13H15NO2/c15-12(7-9-3-5-14-6-4-9)11-8-10-1-2-13(11)16-10/h3-6,10-11,13H,1-2,7-8H2. The van der Waals surface area contributed by atoms with Gasteiger partial charge in [-0.1, -0.05) is 0 Å². The second kappa shape index (κ2) is 3.98. The Labute approximate surface area is 94.8 Å². The van der Waals surface area contributed by atoms with Gasteiger partial charge in [0.2, 0.25) is 0 Å². The Bertz CT molecular complexity index is 390. The number of ketones is 1. The molecule has 1 aromatic rings. The van der Waals surface area contributed by atoms with E-state index in [9.17, 15) is 4.79 Å². The quantitative estimate of drug-likeness (QED) is 0.774. The summed E-state index contributed by atoms with van der Waals surface area (Å²) < 4.78 is 5.71. The third-order valence-electron chi connectivity index (χ3n) is 3.65. The fourth-order valence-corrected chi connectivity index (χ4v) is 2.81. The highest BCUT2D eigenvalue weighted by molar-refractivity contribution is 5.84. The highest BCUT2D eigenvalue weighted by Crippen LogP contribution is 2.39. The lowest BCUT2D eigenvalue weighted by Gasteiger charge is -2.16. The van der Waals surface area contributed by atoms with Gasteiger partial charge in [-0.3, -0.25) is 9.78 Å². The average molecular weight is 217 g/mol. The molecule has 3 nitrogen and oxygen atoms in total. The van der Waals surface area contributed by atoms with Crippen molar-refractivity contribution in [3.8, 4) is 0 Å². The molecule has 2 fully saturated rings. The fourth-order valence-electron chi connectivity index (χ4n) is 2.81. The maximum Gasteiger partial charge on any atom is 0.143 e. The van der Waals surface area contributed by atoms with Crippen molar-refractivity contribution in [2.75, 3.05) is 0 Å². The number of aromatic nitrogens is 1. The van der Waals surface area contributed by atoms with E-state index in [1.54, 1.807) is 12.4 Å². The van der Waals surface area contributed by atoms with Crippen LogP contribution in [-0.4, -0.2) is 23.0 Å². The number of fused-ring (bicyclic) bond motifs is 2. The van der Waals surface area contributed by atoms with Crippen molar-refractivity contribution in [3.05, 3.63) is 30.1 Å². The van der Waals surface area contributed by atoms with E-state index in [0.717, 1.165) is 24.8 Å². The van der Waals surface area contributed by atoms with E-state index < -0.39 is 0 Å². The van der Waals surface area contributed by atoms with Crippen LogP contribution < -0.4 is 0 Å². The molecule has 3 atom stereocenters. The lowest BCUT2D eigenvalue weighted by Crippen LogP contribution is -2.26. The minimum Gasteiger partial charge on any atom is -0.374 e. The summed E-state index contributed by atoms with van der Waals surface area (Å²) in [6.07, 6.45) is 7.71. The van der Waals surface area contributed by atoms with Gasteiger partial charge < -0.3 is 4.74 Å². The molecule has 1 aromatic heterocycles. The van der Waals surface area contributed by atoms with Crippen LogP contribution in [0.2, 0.25) is 0 Å². The summed E-state index contributed by atoms with van der Waals surface area (Å²) >= 11 is 0. The molecule has 2 aliphatic heterocycles. The normalized spacial score (nSPS) is 31.9. The van der Waals surface area contributed by atoms with Gasteiger partial charge in [-0.15, -0.1) is 0 Å². The van der Waals surface area contributed by atoms with E-state index in [-0.39, 0.29) is 12.0 Å². The van der Waals surface area contributed by atoms with Crippen molar-refractivity contribution in [2.24, 2.45) is 5.92 Å². The number of carbonyl (C=O) groups excluding carboxylic acids is 1. The molecule has 2 saturated heterocycles. The van der Waals surface area contributed by atoms with Gasteiger partial charge in [0, 0.05) is 24.7 Å². The number of Topliss-reactive ketones (excluding diaryl/α,β-unsaturated/α-hetero) is 1. The Morgan fingerprint density at radius 1 is 1.38 bits per heavy atom. The number of hydrogen-bond acceptors (Lipinski definition) is 3. The van der Waals surface area contributed by atoms with Gasteiger partial charge in [0.25, 0.3) is 0 Å². The SMILES string of the molecule is O=C(Cc1ccncc1)C1CC2CCC1O2. The summed E-state index contributed by atoms with van der Waals surface area (Å²) in [5.41, 5.74) is 1.06. The van der Waals surface area contributed by atoms with E-state index in [1.807, 2.05) is 12.1 Å². The summed E-state index contributed by atoms with van der Waals surface area (Å²) in [6.45, 7) is 0. The third-order valence-corrected chi connectivity index (χ3v) is 3.65. The summed E-state index contributed by atoms with van der Waals surface area (Å²) in [5, 5.41) is 0. The molecule has 2 bridgehead atoms. The minimum atomic E-state index is 0.145. The van der Waals surface area contributed by atoms with E-state index in [2.05, 4.69) is 4.98 Å². The van der Waals surface area contributed by atoms with Crippen LogP contribution in [0.3, 0.4) is 0 Å². The highest BCUT2D eigenvalue weighted by atomic mass is 16.5. The zero-order valence-electron chi connectivity index (χ0n) is 9.13. The van der Waals surface area contributed by atoms with Crippen molar-refractivity contribution in [2.45, 2.75) is 37.9 Å². The molecule has 0 spiro atoms. The second-order valence-corrected chi connectivity index (χ2v) is 4.71. The minimum absolute atomic E-state index is 0.145. The van der Waals surface area contributed by atoms with Crippen molar-refractivity contribution >= 4 is 5.78 Å². The first kappa shape index (κ1) is 9.97. The lowest BCUT2D eigenvalue weighted by atomic mass is 9.84. The van der Waals surface area contributed by atoms with Crippen LogP contribution in [0.1, 0.15) is 24.8 Å². The zero-order chi connectivity index (χ0) is 11.0. The second-order valence-electron chi connectivity index (χ2n) is 4.71. The van der Waals surface area contributed by atoms with Crippen molar-refractivity contribution in [1.82, 2.24) is 4.98 Å². The number of hydrogen-bond donors (Lipinski definition) is 0. The maximum atomic E-state index is 12.1. The first-order valence-corrected chi connectivity index (χ1v) is 5.90. The molecule has 16 heavy (non-hydrogen) atoms. The first-order chi connectivity index (χ1) is 7.83. The molecule has 84 valence electrons. The van der Waals surface area contributed by atoms with Crippen molar-refractivity contribution in [3.63, 3.8) is 0 Å². The number of nitrogens with zero attached hydrogens (tertiary/aromatic N) is 1. The van der Waals surface area contributed by atoms with Gasteiger partial charge in [0.15, 0.2) is 0 Å². The summed E-state index contributed by atoms with van der Waals surface area (Å²) in [7, 11) is 0. The molecule has 0 saturated carbocycles. The number of carbonyl (C=O) groups is 1. The van der Waals surface area contributed by atoms with E-state index in [4.69, 9.17) is 4.74 Å². The van der Waals surface area contributed by atoms with Crippen molar-refractivity contribution < 1.29 is 9.53 Å². The van der Waals surface area contributed by atoms with Crippen molar-refractivity contribution in [1.29, 1.82) is 0 Å². The molecular formula is C13H15NO2. The Hall–Kier alpha value is -1.22. The van der Waals surface area contributed by atoms with E-state index in [0.29, 0.717) is 18.3 Å². The van der Waals surface area contributed by atoms with Crippen LogP contribution in [-0.2, 0) is 16.0 Å². The smallest absolute Gasteiger partial charge is 0.143 e. The van der Waals surface area contributed by atoms with Gasteiger partial charge in [0.05, 0.1) is 12.2 Å². The number of pyridine rings is 1. The highest BCUT2D eigenvalue weighted by Gasteiger charge is 2.43. The fraction of sp³-hybridized carbons (Fsp3) is 0.538. The molecular weight excluding hydrogens is 202 g/mol. The third kappa shape index (κ3) is 1.76. The Morgan fingerprint density at radius 3 is 2.81 bits per heavy atom. The largest absolute Gasteiger partial charge is 0.374 e. The monoisotopic (exact) mass is 217 g/mol. The Balaban J connectivity index is 1.66. The average Bonchev–Trinajstić information content (AvgIpc) is 2.92. The summed E-state index contributed by atoms with van der Waals surface area (Å²) in [4.78, 5) is 16.1. The van der Waals surface area contributed by atoms with Gasteiger partial charge in [-0.25, -0.2) is 0 Å². The Morgan fingerprint density at radius 2 is 2.19 bits per heavy atom. The van der Waals surface area contributed by atoms with Crippen LogP contribution in [0.5, 0.6) is 0 Å². The number of ether oxygens (including phenoxy) is 1. The van der Waals surface area contributed by atoms with E-state index in [1.165, 1.54) is 0 Å². The van der Waals surface area contributed by atoms with Gasteiger partial charge in [0.1, 0.15) is 5.78 Å². The molecule has 0 N–H and O–H groups in total. The molecule has 2 aliphatic rings. The maximum absolute atomic E-state index is 12.1. The molecule has 3 heterocycles. The van der Waals surface area contributed by atoms with Gasteiger partial charge >= 0.3 is 0 Å². The Kier molecular flexibility index (Phi) is 2.48. The van der Waals surface area contributed by atoms with Gasteiger partial charge in [-0.05, 0) is 37.0 Å². The van der Waals surface area contributed by atoms with Crippen LogP contribution in [0, 0.1) is 5.92 Å². The zero-order valence-corrected chi connectivity index (χ0v) is 9.13. The van der Waals surface area contributed by atoms with Crippen LogP contribution in [0.4, 0.5) is 0 Å². The van der Waals surface area contributed by atoms with Crippen LogP contribution >= 0.6 is 0 Å². The van der Waals surface area contributed by atoms with Crippen LogP contribution in [0.15, 0.2) is 24.5 Å². The first-order valence-electron chi connectivity index (χ1n) is 5.90. The molecule has 0 radical (unpaired) electrons. The lowest BCUT2D eigenvalue weighted by molar-refractivity contribution is -0.123. The molecule has 0 aromatic carbocycles. The molecule has 0 amide bonds. The summed E-state index contributed by atoms with van der Waals surface area (Å²) in [5.74, 6) is 0.477. The molecule has 3 heteroatoms. The molecule has 0 aliphatic carbocycles. The predicted octanol–water partition coefficient (Wildman–Crippen LogP) is 1.76. The van der Waals surface area contributed by atoms with Crippen LogP contribution in [0.25, 0.3) is 0 Å². The molecule has 3 rings (SSSR count). The van der Waals surface area contributed by atoms with Gasteiger partial charge in [-0.2, -0.15) is 0 Å². The topological polar surface area (TPSA) is 39.2 Å². The predicted molar refractivity (Wildman–Crippen MR) is 59.0 cm³/mol. The molecule has 3 unspecified atom stereocenters. The summed E-state index contributed by atoms with van der Waals surface area (Å²) in [6, 6.07) is 3.82.